The maximum atomic E-state index is 10.5. The van der Waals surface area contributed by atoms with E-state index in [-0.39, 0.29) is 18.6 Å². The molecule has 0 aromatic heterocycles. The normalized spacial score (nSPS) is 14.2. The van der Waals surface area contributed by atoms with Crippen molar-refractivity contribution < 1.29 is 39.1 Å². The zero-order valence-corrected chi connectivity index (χ0v) is 17.6. The number of carboxylic acid groups (broad SMARTS) is 2. The van der Waals surface area contributed by atoms with Gasteiger partial charge in [-0.05, 0) is 24.3 Å². The summed E-state index contributed by atoms with van der Waals surface area (Å²) < 4.78 is 15.7. The number of aliphatic carboxylic acids is 2. The number of ether oxygens (including phenoxy) is 3. The summed E-state index contributed by atoms with van der Waals surface area (Å²) in [7, 11) is 0. The summed E-state index contributed by atoms with van der Waals surface area (Å²) in [5.74, 6) is -0.519. The van der Waals surface area contributed by atoms with E-state index in [2.05, 4.69) is 13.2 Å². The number of carboxylic acids is 2. The second-order valence-electron chi connectivity index (χ2n) is 6.51. The lowest BCUT2D eigenvalue weighted by molar-refractivity contribution is -0.133. The molecule has 1 heterocycles. The van der Waals surface area contributed by atoms with Crippen LogP contribution in [-0.2, 0) is 14.3 Å². The van der Waals surface area contributed by atoms with Gasteiger partial charge >= 0.3 is 11.9 Å². The minimum atomic E-state index is -1.10. The van der Waals surface area contributed by atoms with Crippen LogP contribution in [0.25, 0.3) is 0 Å². The van der Waals surface area contributed by atoms with Crippen LogP contribution in [-0.4, -0.2) is 59.3 Å². The second kappa shape index (κ2) is 15.2. The van der Waals surface area contributed by atoms with Gasteiger partial charge < -0.3 is 29.5 Å². The second-order valence-corrected chi connectivity index (χ2v) is 6.51. The highest BCUT2D eigenvalue weighted by Gasteiger charge is 2.22. The fourth-order valence-corrected chi connectivity index (χ4v) is 2.01. The third-order valence-corrected chi connectivity index (χ3v) is 3.73. The number of benzene rings is 2. The number of epoxide rings is 1. The summed E-state index contributed by atoms with van der Waals surface area (Å²) >= 11 is 0. The summed E-state index contributed by atoms with van der Waals surface area (Å²) in [4.78, 5) is 19.7. The molecule has 0 radical (unpaired) electrons. The molecular weight excluding hydrogens is 416 g/mol. The van der Waals surface area contributed by atoms with E-state index >= 15 is 0 Å². The highest BCUT2D eigenvalue weighted by atomic mass is 16.6. The van der Waals surface area contributed by atoms with E-state index in [1.165, 1.54) is 0 Å². The van der Waals surface area contributed by atoms with Crippen LogP contribution in [0.5, 0.6) is 11.5 Å². The van der Waals surface area contributed by atoms with E-state index < -0.39 is 18.0 Å². The van der Waals surface area contributed by atoms with Crippen LogP contribution in [0.15, 0.2) is 85.5 Å². The fourth-order valence-electron chi connectivity index (χ4n) is 2.01. The summed E-state index contributed by atoms with van der Waals surface area (Å²) in [6, 6.07) is 18.8. The Labute approximate surface area is 187 Å². The third-order valence-electron chi connectivity index (χ3n) is 3.73. The number of rotatable bonds is 10. The van der Waals surface area contributed by atoms with Gasteiger partial charge in [0.15, 0.2) is 0 Å². The summed E-state index contributed by atoms with van der Waals surface area (Å²) in [5.41, 5.74) is -0.0239. The zero-order chi connectivity index (χ0) is 23.8. The Morgan fingerprint density at radius 2 is 1.50 bits per heavy atom. The maximum Gasteiger partial charge on any atom is 0.331 e. The van der Waals surface area contributed by atoms with E-state index in [9.17, 15) is 14.7 Å². The Morgan fingerprint density at radius 1 is 1.03 bits per heavy atom. The molecule has 2 aromatic carbocycles. The van der Waals surface area contributed by atoms with Crippen molar-refractivity contribution >= 4 is 11.9 Å². The average Bonchev–Trinajstić information content (AvgIpc) is 3.63. The first-order chi connectivity index (χ1) is 15.3. The maximum absolute atomic E-state index is 10.5. The molecule has 8 nitrogen and oxygen atoms in total. The monoisotopic (exact) mass is 444 g/mol. The molecule has 2 aromatic rings. The Morgan fingerprint density at radius 3 is 1.91 bits per heavy atom. The highest BCUT2D eigenvalue weighted by molar-refractivity contribution is 5.85. The first kappa shape index (κ1) is 26.4. The van der Waals surface area contributed by atoms with Crippen LogP contribution >= 0.6 is 0 Å². The van der Waals surface area contributed by atoms with E-state index in [4.69, 9.17) is 24.4 Å². The lowest BCUT2D eigenvalue weighted by Gasteiger charge is -2.11. The van der Waals surface area contributed by atoms with Gasteiger partial charge in [-0.1, -0.05) is 49.6 Å². The van der Waals surface area contributed by atoms with Crippen LogP contribution in [0, 0.1) is 0 Å². The summed E-state index contributed by atoms with van der Waals surface area (Å²) in [5, 5.41) is 25.6. The molecule has 3 N–H and O–H groups in total. The molecule has 0 aliphatic carbocycles. The molecule has 1 aliphatic heterocycles. The van der Waals surface area contributed by atoms with Crippen molar-refractivity contribution in [1.82, 2.24) is 0 Å². The fraction of sp³-hybridized carbons (Fsp3) is 0.250. The first-order valence-corrected chi connectivity index (χ1v) is 9.73. The van der Waals surface area contributed by atoms with Crippen molar-refractivity contribution in [3.8, 4) is 11.5 Å². The standard InChI is InChI=1S/C12H14O4.C9H10O2.C3H4O2/c1-9(12(14)15)7-10(13)8-16-11-5-3-2-4-6-11;1-2-4-8(5-3-1)10-6-9-7-11-9;1-2-3(4)5/h2-6,10,13H,1,7-8H2,(H,14,15);1-5,9H,6-7H2;2H,1H2,(H,4,5). The van der Waals surface area contributed by atoms with Crippen LogP contribution < -0.4 is 9.47 Å². The van der Waals surface area contributed by atoms with E-state index in [1.54, 1.807) is 12.1 Å². The molecule has 0 bridgehead atoms. The molecule has 1 fully saturated rings. The molecule has 8 heteroatoms. The number of carbonyl (C=O) groups is 2. The van der Waals surface area contributed by atoms with Crippen LogP contribution in [0.3, 0.4) is 0 Å². The van der Waals surface area contributed by atoms with Gasteiger partial charge in [-0.2, -0.15) is 0 Å². The number of aliphatic hydroxyl groups is 1. The van der Waals surface area contributed by atoms with Crippen LogP contribution in [0.1, 0.15) is 6.42 Å². The number of para-hydroxylation sites is 2. The molecule has 1 saturated heterocycles. The molecule has 3 rings (SSSR count). The van der Waals surface area contributed by atoms with Crippen molar-refractivity contribution in [1.29, 1.82) is 0 Å². The lowest BCUT2D eigenvalue weighted by Crippen LogP contribution is -2.19. The quantitative estimate of drug-likeness (QED) is 0.377. The Balaban J connectivity index is 0.000000275. The minimum Gasteiger partial charge on any atom is -0.491 e. The van der Waals surface area contributed by atoms with Crippen molar-refractivity contribution in [2.75, 3.05) is 19.8 Å². The molecule has 0 spiro atoms. The van der Waals surface area contributed by atoms with E-state index in [0.29, 0.717) is 18.5 Å². The van der Waals surface area contributed by atoms with Crippen LogP contribution in [0.4, 0.5) is 0 Å². The van der Waals surface area contributed by atoms with E-state index in [1.807, 2.05) is 48.5 Å². The zero-order valence-electron chi connectivity index (χ0n) is 17.6. The van der Waals surface area contributed by atoms with E-state index in [0.717, 1.165) is 18.4 Å². The third kappa shape index (κ3) is 13.6. The SMILES string of the molecule is C=C(CC(O)COc1ccccc1)C(=O)O.C=CC(=O)O.c1ccc(OCC2CO2)cc1. The lowest BCUT2D eigenvalue weighted by atomic mass is 10.1. The molecule has 2 unspecified atom stereocenters. The van der Waals surface area contributed by atoms with Gasteiger partial charge in [0.2, 0.25) is 0 Å². The number of hydrogen-bond acceptors (Lipinski definition) is 6. The predicted octanol–water partition coefficient (Wildman–Crippen LogP) is 3.18. The Kier molecular flexibility index (Phi) is 12.6. The molecular formula is C24H28O8. The van der Waals surface area contributed by atoms with Gasteiger partial charge in [0.25, 0.3) is 0 Å². The van der Waals surface area contributed by atoms with Gasteiger partial charge in [0.1, 0.15) is 30.8 Å². The number of hydrogen-bond donors (Lipinski definition) is 3. The largest absolute Gasteiger partial charge is 0.491 e. The summed E-state index contributed by atoms with van der Waals surface area (Å²) in [6.07, 6.45) is 0.321. The molecule has 0 amide bonds. The van der Waals surface area contributed by atoms with Crippen LogP contribution in [0.2, 0.25) is 0 Å². The number of aliphatic hydroxyl groups excluding tert-OH is 1. The van der Waals surface area contributed by atoms with Crippen molar-refractivity contribution in [2.24, 2.45) is 0 Å². The predicted molar refractivity (Wildman–Crippen MR) is 119 cm³/mol. The van der Waals surface area contributed by atoms with Crippen molar-refractivity contribution in [3.05, 3.63) is 85.5 Å². The highest BCUT2D eigenvalue weighted by Crippen LogP contribution is 2.13. The van der Waals surface area contributed by atoms with Crippen molar-refractivity contribution in [3.63, 3.8) is 0 Å². The van der Waals surface area contributed by atoms with Gasteiger partial charge in [-0.25, -0.2) is 9.59 Å². The first-order valence-electron chi connectivity index (χ1n) is 9.73. The van der Waals surface area contributed by atoms with Gasteiger partial charge in [0.05, 0.1) is 12.7 Å². The molecule has 172 valence electrons. The Hall–Kier alpha value is -3.62. The Bertz CT molecular complexity index is 832. The summed E-state index contributed by atoms with van der Waals surface area (Å²) in [6.45, 7) is 7.89. The molecule has 1 aliphatic rings. The topological polar surface area (TPSA) is 126 Å². The molecule has 2 atom stereocenters. The van der Waals surface area contributed by atoms with Gasteiger partial charge in [-0.15, -0.1) is 0 Å². The smallest absolute Gasteiger partial charge is 0.331 e. The average molecular weight is 444 g/mol. The molecule has 0 saturated carbocycles. The van der Waals surface area contributed by atoms with Gasteiger partial charge in [0, 0.05) is 18.1 Å². The minimum absolute atomic E-state index is 0.00215. The van der Waals surface area contributed by atoms with Gasteiger partial charge in [-0.3, -0.25) is 0 Å². The molecule has 32 heavy (non-hydrogen) atoms. The van der Waals surface area contributed by atoms with Crippen molar-refractivity contribution in [2.45, 2.75) is 18.6 Å².